The average molecular weight is 258 g/mol. The van der Waals surface area contributed by atoms with Crippen LogP contribution < -0.4 is 0 Å². The summed E-state index contributed by atoms with van der Waals surface area (Å²) >= 11 is 0. The van der Waals surface area contributed by atoms with Gasteiger partial charge in [0.1, 0.15) is 5.76 Å². The molecular formula is C17H22O2. The van der Waals surface area contributed by atoms with E-state index in [1.54, 1.807) is 6.26 Å². The van der Waals surface area contributed by atoms with Crippen LogP contribution in [0.5, 0.6) is 0 Å². The first-order chi connectivity index (χ1) is 8.86. The molecule has 0 fully saturated rings. The Morgan fingerprint density at radius 3 is 2.26 bits per heavy atom. The SMILES string of the molecule is Cc1cc(C(O)Cc2ccc(C(C)(C)C)cc2)co1. The molecule has 19 heavy (non-hydrogen) atoms. The molecule has 1 aromatic carbocycles. The fraction of sp³-hybridized carbons (Fsp3) is 0.412. The summed E-state index contributed by atoms with van der Waals surface area (Å²) in [6, 6.07) is 10.4. The molecule has 2 aromatic rings. The molecule has 0 aliphatic carbocycles. The molecule has 102 valence electrons. The van der Waals surface area contributed by atoms with Gasteiger partial charge in [-0.3, -0.25) is 0 Å². The molecule has 0 aliphatic heterocycles. The maximum atomic E-state index is 10.2. The minimum absolute atomic E-state index is 0.165. The smallest absolute Gasteiger partial charge is 0.101 e. The van der Waals surface area contributed by atoms with Crippen molar-refractivity contribution in [1.29, 1.82) is 0 Å². The van der Waals surface area contributed by atoms with E-state index in [0.29, 0.717) is 6.42 Å². The normalized spacial score (nSPS) is 13.5. The highest BCUT2D eigenvalue weighted by Crippen LogP contribution is 2.24. The Balaban J connectivity index is 2.07. The minimum Gasteiger partial charge on any atom is -0.469 e. The molecule has 1 atom stereocenters. The van der Waals surface area contributed by atoms with Crippen molar-refractivity contribution in [1.82, 2.24) is 0 Å². The molecule has 0 aliphatic rings. The summed E-state index contributed by atoms with van der Waals surface area (Å²) in [6.45, 7) is 8.48. The summed E-state index contributed by atoms with van der Waals surface area (Å²) in [5.41, 5.74) is 3.46. The average Bonchev–Trinajstić information content (AvgIpc) is 2.75. The number of rotatable bonds is 3. The van der Waals surface area contributed by atoms with E-state index < -0.39 is 6.10 Å². The van der Waals surface area contributed by atoms with E-state index in [2.05, 4.69) is 45.0 Å². The number of hydrogen-bond acceptors (Lipinski definition) is 2. The fourth-order valence-corrected chi connectivity index (χ4v) is 2.12. The zero-order valence-electron chi connectivity index (χ0n) is 12.1. The fourth-order valence-electron chi connectivity index (χ4n) is 2.12. The largest absolute Gasteiger partial charge is 0.469 e. The van der Waals surface area contributed by atoms with Crippen LogP contribution in [0.4, 0.5) is 0 Å². The Morgan fingerprint density at radius 1 is 1.16 bits per heavy atom. The van der Waals surface area contributed by atoms with Crippen LogP contribution in [0.2, 0.25) is 0 Å². The predicted octanol–water partition coefficient (Wildman–Crippen LogP) is 4.16. The second kappa shape index (κ2) is 5.22. The number of aryl methyl sites for hydroxylation is 1. The molecule has 2 nitrogen and oxygen atoms in total. The molecule has 2 rings (SSSR count). The Bertz CT molecular complexity index is 529. The van der Waals surface area contributed by atoms with Crippen molar-refractivity contribution in [3.05, 3.63) is 59.0 Å². The van der Waals surface area contributed by atoms with Crippen LogP contribution in [0.3, 0.4) is 0 Å². The lowest BCUT2D eigenvalue weighted by molar-refractivity contribution is 0.177. The lowest BCUT2D eigenvalue weighted by atomic mass is 9.86. The summed E-state index contributed by atoms with van der Waals surface area (Å²) < 4.78 is 5.23. The quantitative estimate of drug-likeness (QED) is 0.896. The maximum absolute atomic E-state index is 10.2. The maximum Gasteiger partial charge on any atom is 0.101 e. The third kappa shape index (κ3) is 3.48. The van der Waals surface area contributed by atoms with E-state index in [1.165, 1.54) is 5.56 Å². The highest BCUT2D eigenvalue weighted by Gasteiger charge is 2.14. The summed E-state index contributed by atoms with van der Waals surface area (Å²) in [5, 5.41) is 10.2. The third-order valence-electron chi connectivity index (χ3n) is 3.38. The van der Waals surface area contributed by atoms with E-state index in [1.807, 2.05) is 13.0 Å². The molecule has 0 spiro atoms. The first-order valence-electron chi connectivity index (χ1n) is 6.69. The monoisotopic (exact) mass is 258 g/mol. The van der Waals surface area contributed by atoms with Crippen molar-refractivity contribution in [2.45, 2.75) is 45.6 Å². The van der Waals surface area contributed by atoms with E-state index >= 15 is 0 Å². The molecule has 2 heteroatoms. The van der Waals surface area contributed by atoms with Gasteiger partial charge in [0.25, 0.3) is 0 Å². The molecular weight excluding hydrogens is 236 g/mol. The first kappa shape index (κ1) is 13.9. The van der Waals surface area contributed by atoms with E-state index in [-0.39, 0.29) is 5.41 Å². The van der Waals surface area contributed by atoms with Gasteiger partial charge in [0, 0.05) is 12.0 Å². The van der Waals surface area contributed by atoms with Crippen molar-refractivity contribution in [3.63, 3.8) is 0 Å². The van der Waals surface area contributed by atoms with Crippen LogP contribution in [0.1, 0.15) is 49.3 Å². The van der Waals surface area contributed by atoms with Crippen LogP contribution in [0.15, 0.2) is 41.0 Å². The second-order valence-corrected chi connectivity index (χ2v) is 6.16. The van der Waals surface area contributed by atoms with Crippen molar-refractivity contribution >= 4 is 0 Å². The van der Waals surface area contributed by atoms with Gasteiger partial charge in [0.15, 0.2) is 0 Å². The van der Waals surface area contributed by atoms with Crippen LogP contribution in [0.25, 0.3) is 0 Å². The number of furan rings is 1. The molecule has 0 amide bonds. The molecule has 0 radical (unpaired) electrons. The first-order valence-corrected chi connectivity index (χ1v) is 6.69. The molecule has 1 N–H and O–H groups in total. The Hall–Kier alpha value is -1.54. The summed E-state index contributed by atoms with van der Waals surface area (Å²) in [4.78, 5) is 0. The zero-order chi connectivity index (χ0) is 14.0. The second-order valence-electron chi connectivity index (χ2n) is 6.16. The van der Waals surface area contributed by atoms with E-state index in [4.69, 9.17) is 4.42 Å². The number of benzene rings is 1. The van der Waals surface area contributed by atoms with Crippen molar-refractivity contribution in [3.8, 4) is 0 Å². The Morgan fingerprint density at radius 2 is 1.79 bits per heavy atom. The van der Waals surface area contributed by atoms with Gasteiger partial charge in [-0.25, -0.2) is 0 Å². The predicted molar refractivity (Wildman–Crippen MR) is 77.3 cm³/mol. The Kier molecular flexibility index (Phi) is 3.81. The minimum atomic E-state index is -0.502. The van der Waals surface area contributed by atoms with Crippen LogP contribution in [-0.2, 0) is 11.8 Å². The van der Waals surface area contributed by atoms with Crippen molar-refractivity contribution in [2.75, 3.05) is 0 Å². The summed E-state index contributed by atoms with van der Waals surface area (Å²) in [6.07, 6.45) is 1.74. The third-order valence-corrected chi connectivity index (χ3v) is 3.38. The van der Waals surface area contributed by atoms with Gasteiger partial charge in [0.05, 0.1) is 12.4 Å². The zero-order valence-corrected chi connectivity index (χ0v) is 12.1. The molecule has 0 bridgehead atoms. The van der Waals surface area contributed by atoms with Crippen molar-refractivity contribution in [2.24, 2.45) is 0 Å². The highest BCUT2D eigenvalue weighted by molar-refractivity contribution is 5.29. The number of aliphatic hydroxyl groups excluding tert-OH is 1. The van der Waals surface area contributed by atoms with Gasteiger partial charge < -0.3 is 9.52 Å². The van der Waals surface area contributed by atoms with Crippen LogP contribution in [0, 0.1) is 6.92 Å². The Labute approximate surface area is 115 Å². The van der Waals surface area contributed by atoms with Crippen LogP contribution >= 0.6 is 0 Å². The van der Waals surface area contributed by atoms with Gasteiger partial charge in [-0.2, -0.15) is 0 Å². The summed E-state index contributed by atoms with van der Waals surface area (Å²) in [7, 11) is 0. The number of hydrogen-bond donors (Lipinski definition) is 1. The summed E-state index contributed by atoms with van der Waals surface area (Å²) in [5.74, 6) is 0.831. The topological polar surface area (TPSA) is 33.4 Å². The van der Waals surface area contributed by atoms with E-state index in [0.717, 1.165) is 16.9 Å². The van der Waals surface area contributed by atoms with Crippen LogP contribution in [-0.4, -0.2) is 5.11 Å². The van der Waals surface area contributed by atoms with E-state index in [9.17, 15) is 5.11 Å². The van der Waals surface area contributed by atoms with Gasteiger partial charge >= 0.3 is 0 Å². The lowest BCUT2D eigenvalue weighted by Crippen LogP contribution is -2.11. The number of aliphatic hydroxyl groups is 1. The lowest BCUT2D eigenvalue weighted by Gasteiger charge is -2.19. The molecule has 1 heterocycles. The van der Waals surface area contributed by atoms with Gasteiger partial charge in [-0.1, -0.05) is 45.0 Å². The van der Waals surface area contributed by atoms with Gasteiger partial charge in [0.2, 0.25) is 0 Å². The highest BCUT2D eigenvalue weighted by atomic mass is 16.3. The standard InChI is InChI=1S/C17H22O2/c1-12-9-14(11-19-12)16(18)10-13-5-7-15(8-6-13)17(2,3)4/h5-9,11,16,18H,10H2,1-4H3. The molecule has 0 saturated heterocycles. The van der Waals surface area contributed by atoms with Gasteiger partial charge in [-0.15, -0.1) is 0 Å². The van der Waals surface area contributed by atoms with Gasteiger partial charge in [-0.05, 0) is 29.5 Å². The molecule has 1 aromatic heterocycles. The molecule has 1 unspecified atom stereocenters. The molecule has 0 saturated carbocycles. The van der Waals surface area contributed by atoms with Crippen molar-refractivity contribution < 1.29 is 9.52 Å².